The molecule has 0 saturated carbocycles. The van der Waals surface area contributed by atoms with E-state index in [1.165, 1.54) is 26.3 Å². The highest BCUT2D eigenvalue weighted by Gasteiger charge is 2.13. The minimum atomic E-state index is -0.463. The molecule has 2 amide bonds. The van der Waals surface area contributed by atoms with Crippen LogP contribution in [0.3, 0.4) is 0 Å². The van der Waals surface area contributed by atoms with Crippen LogP contribution in [0.5, 0.6) is 17.2 Å². The molecule has 27 heavy (non-hydrogen) atoms. The normalized spacial score (nSPS) is 10.5. The third-order valence-electron chi connectivity index (χ3n) is 3.43. The summed E-state index contributed by atoms with van der Waals surface area (Å²) >= 11 is 0. The van der Waals surface area contributed by atoms with Crippen LogP contribution < -0.4 is 20.2 Å². The lowest BCUT2D eigenvalue weighted by molar-refractivity contribution is -0.114. The summed E-state index contributed by atoms with van der Waals surface area (Å²) in [6, 6.07) is 9.41. The summed E-state index contributed by atoms with van der Waals surface area (Å²) in [5.41, 5.74) is 3.87. The molecule has 0 saturated heterocycles. The standard InChI is InChI=1S/C19H21N3O5/c1-4-27-17-10-14(21-12(2)23)6-7-15(17)19(25)22-20-11-13-5-8-16(24)18(9-13)26-3/h5-11,24H,4H2,1-3H3,(H,21,23)(H,22,25). The van der Waals surface area contributed by atoms with Crippen molar-refractivity contribution in [3.63, 3.8) is 0 Å². The Morgan fingerprint density at radius 2 is 1.96 bits per heavy atom. The van der Waals surface area contributed by atoms with Crippen molar-refractivity contribution in [3.8, 4) is 17.2 Å². The fourth-order valence-electron chi connectivity index (χ4n) is 2.27. The number of phenolic OH excluding ortho intramolecular Hbond substituents is 1. The quantitative estimate of drug-likeness (QED) is 0.512. The second kappa shape index (κ2) is 9.23. The van der Waals surface area contributed by atoms with Crippen LogP contribution in [0, 0.1) is 0 Å². The van der Waals surface area contributed by atoms with Gasteiger partial charge in [0.15, 0.2) is 11.5 Å². The van der Waals surface area contributed by atoms with Gasteiger partial charge in [-0.25, -0.2) is 5.43 Å². The van der Waals surface area contributed by atoms with Crippen molar-refractivity contribution in [2.24, 2.45) is 5.10 Å². The number of benzene rings is 2. The number of nitrogens with zero attached hydrogens (tertiary/aromatic N) is 1. The topological polar surface area (TPSA) is 109 Å². The van der Waals surface area contributed by atoms with Crippen molar-refractivity contribution < 1.29 is 24.2 Å². The number of rotatable bonds is 7. The smallest absolute Gasteiger partial charge is 0.275 e. The number of carbonyl (C=O) groups is 2. The molecule has 8 nitrogen and oxygen atoms in total. The molecule has 2 aromatic carbocycles. The summed E-state index contributed by atoms with van der Waals surface area (Å²) < 4.78 is 10.5. The number of hydrogen-bond donors (Lipinski definition) is 3. The fraction of sp³-hybridized carbons (Fsp3) is 0.211. The van der Waals surface area contributed by atoms with Crippen LogP contribution in [0.25, 0.3) is 0 Å². The first-order valence-corrected chi connectivity index (χ1v) is 8.19. The molecule has 0 atom stereocenters. The summed E-state index contributed by atoms with van der Waals surface area (Å²) in [5, 5.41) is 16.1. The second-order valence-electron chi connectivity index (χ2n) is 5.46. The molecule has 0 fully saturated rings. The van der Waals surface area contributed by atoms with Crippen LogP contribution in [0.4, 0.5) is 5.69 Å². The van der Waals surface area contributed by atoms with E-state index in [2.05, 4.69) is 15.8 Å². The average Bonchev–Trinajstić information content (AvgIpc) is 2.63. The first-order chi connectivity index (χ1) is 12.9. The van der Waals surface area contributed by atoms with Crippen LogP contribution in [-0.4, -0.2) is 36.9 Å². The van der Waals surface area contributed by atoms with Gasteiger partial charge in [0.25, 0.3) is 5.91 Å². The van der Waals surface area contributed by atoms with E-state index >= 15 is 0 Å². The number of nitrogens with one attached hydrogen (secondary N) is 2. The molecule has 0 unspecified atom stereocenters. The predicted octanol–water partition coefficient (Wildman–Crippen LogP) is 2.52. The lowest BCUT2D eigenvalue weighted by Crippen LogP contribution is -2.19. The zero-order valence-corrected chi connectivity index (χ0v) is 15.3. The van der Waals surface area contributed by atoms with Gasteiger partial charge in [-0.15, -0.1) is 0 Å². The van der Waals surface area contributed by atoms with Crippen molar-refractivity contribution in [2.45, 2.75) is 13.8 Å². The number of anilines is 1. The Balaban J connectivity index is 2.13. The number of amides is 2. The Kier molecular flexibility index (Phi) is 6.76. The molecule has 0 aliphatic rings. The lowest BCUT2D eigenvalue weighted by atomic mass is 10.1. The van der Waals surface area contributed by atoms with Gasteiger partial charge in [-0.05, 0) is 42.8 Å². The maximum atomic E-state index is 12.4. The number of aromatic hydroxyl groups is 1. The number of hydrazone groups is 1. The fourth-order valence-corrected chi connectivity index (χ4v) is 2.27. The Hall–Kier alpha value is -3.55. The first-order valence-electron chi connectivity index (χ1n) is 8.19. The molecular formula is C19H21N3O5. The Morgan fingerprint density at radius 1 is 1.19 bits per heavy atom. The minimum absolute atomic E-state index is 0.0132. The molecule has 142 valence electrons. The van der Waals surface area contributed by atoms with Gasteiger partial charge in [-0.1, -0.05) is 0 Å². The minimum Gasteiger partial charge on any atom is -0.504 e. The van der Waals surface area contributed by atoms with Crippen molar-refractivity contribution in [2.75, 3.05) is 19.0 Å². The van der Waals surface area contributed by atoms with E-state index in [4.69, 9.17) is 9.47 Å². The largest absolute Gasteiger partial charge is 0.504 e. The number of carbonyl (C=O) groups excluding carboxylic acids is 2. The third-order valence-corrected chi connectivity index (χ3v) is 3.43. The van der Waals surface area contributed by atoms with Gasteiger partial charge in [-0.2, -0.15) is 5.10 Å². The summed E-state index contributed by atoms with van der Waals surface area (Å²) in [5.74, 6) is -0.0297. The molecule has 0 aromatic heterocycles. The van der Waals surface area contributed by atoms with Crippen LogP contribution in [-0.2, 0) is 4.79 Å². The van der Waals surface area contributed by atoms with Crippen LogP contribution >= 0.6 is 0 Å². The molecule has 0 heterocycles. The number of hydrogen-bond acceptors (Lipinski definition) is 6. The lowest BCUT2D eigenvalue weighted by Gasteiger charge is -2.11. The van der Waals surface area contributed by atoms with E-state index in [0.29, 0.717) is 29.4 Å². The Labute approximate surface area is 156 Å². The molecule has 0 aliphatic heterocycles. The molecule has 2 aromatic rings. The molecule has 0 aliphatic carbocycles. The summed E-state index contributed by atoms with van der Waals surface area (Å²) in [7, 11) is 1.44. The van der Waals surface area contributed by atoms with Gasteiger partial charge in [-0.3, -0.25) is 9.59 Å². The number of methoxy groups -OCH3 is 1. The first kappa shape index (κ1) is 19.8. The molecule has 2 rings (SSSR count). The molecule has 0 bridgehead atoms. The van der Waals surface area contributed by atoms with E-state index in [0.717, 1.165) is 0 Å². The van der Waals surface area contributed by atoms with E-state index in [1.807, 2.05) is 0 Å². The SMILES string of the molecule is CCOc1cc(NC(C)=O)ccc1C(=O)NN=Cc1ccc(O)c(OC)c1. The Morgan fingerprint density at radius 3 is 2.63 bits per heavy atom. The monoisotopic (exact) mass is 371 g/mol. The van der Waals surface area contributed by atoms with Gasteiger partial charge < -0.3 is 19.9 Å². The maximum Gasteiger partial charge on any atom is 0.275 e. The maximum absolute atomic E-state index is 12.4. The van der Waals surface area contributed by atoms with E-state index in [1.54, 1.807) is 37.3 Å². The van der Waals surface area contributed by atoms with Gasteiger partial charge in [0.05, 0.1) is 25.5 Å². The van der Waals surface area contributed by atoms with Crippen LogP contribution in [0.1, 0.15) is 29.8 Å². The van der Waals surface area contributed by atoms with E-state index < -0.39 is 5.91 Å². The van der Waals surface area contributed by atoms with E-state index in [-0.39, 0.29) is 17.2 Å². The predicted molar refractivity (Wildman–Crippen MR) is 102 cm³/mol. The third kappa shape index (κ3) is 5.46. The highest BCUT2D eigenvalue weighted by molar-refractivity contribution is 5.98. The molecule has 8 heteroatoms. The van der Waals surface area contributed by atoms with Gasteiger partial charge in [0, 0.05) is 18.7 Å². The van der Waals surface area contributed by atoms with Crippen molar-refractivity contribution in [1.29, 1.82) is 0 Å². The average molecular weight is 371 g/mol. The summed E-state index contributed by atoms with van der Waals surface area (Å²) in [4.78, 5) is 23.6. The van der Waals surface area contributed by atoms with Gasteiger partial charge in [0.2, 0.25) is 5.91 Å². The summed E-state index contributed by atoms with van der Waals surface area (Å²) in [6.45, 7) is 3.55. The highest BCUT2D eigenvalue weighted by Crippen LogP contribution is 2.26. The van der Waals surface area contributed by atoms with Crippen LogP contribution in [0.15, 0.2) is 41.5 Å². The zero-order chi connectivity index (χ0) is 19.8. The summed E-state index contributed by atoms with van der Waals surface area (Å²) in [6.07, 6.45) is 1.42. The Bertz CT molecular complexity index is 864. The van der Waals surface area contributed by atoms with Crippen molar-refractivity contribution in [3.05, 3.63) is 47.5 Å². The molecular weight excluding hydrogens is 350 g/mol. The molecule has 3 N–H and O–H groups in total. The van der Waals surface area contributed by atoms with Gasteiger partial charge in [0.1, 0.15) is 5.75 Å². The highest BCUT2D eigenvalue weighted by atomic mass is 16.5. The molecule has 0 spiro atoms. The zero-order valence-electron chi connectivity index (χ0n) is 15.3. The van der Waals surface area contributed by atoms with Crippen molar-refractivity contribution in [1.82, 2.24) is 5.43 Å². The van der Waals surface area contributed by atoms with Crippen molar-refractivity contribution >= 4 is 23.7 Å². The second-order valence-corrected chi connectivity index (χ2v) is 5.46. The number of ether oxygens (including phenoxy) is 2. The molecule has 0 radical (unpaired) electrons. The van der Waals surface area contributed by atoms with Crippen LogP contribution in [0.2, 0.25) is 0 Å². The number of phenols is 1. The van der Waals surface area contributed by atoms with E-state index in [9.17, 15) is 14.7 Å². The van der Waals surface area contributed by atoms with Gasteiger partial charge >= 0.3 is 0 Å².